The quantitative estimate of drug-likeness (QED) is 0.373. The maximum absolute atomic E-state index is 12.9. The third kappa shape index (κ3) is 4.33. The molecular weight excluding hydrogens is 444 g/mol. The number of amides is 1. The van der Waals surface area contributed by atoms with Crippen molar-refractivity contribution in [1.82, 2.24) is 4.57 Å². The van der Waals surface area contributed by atoms with Crippen molar-refractivity contribution in [2.75, 3.05) is 14.2 Å². The Bertz CT molecular complexity index is 1320. The molecule has 0 N–H and O–H groups in total. The van der Waals surface area contributed by atoms with Gasteiger partial charge in [0, 0.05) is 7.05 Å². The highest BCUT2D eigenvalue weighted by Gasteiger charge is 2.17. The number of methoxy groups -OCH3 is 2. The zero-order chi connectivity index (χ0) is 22.7. The van der Waals surface area contributed by atoms with Crippen LogP contribution >= 0.6 is 22.9 Å². The molecule has 0 saturated carbocycles. The van der Waals surface area contributed by atoms with Gasteiger partial charge in [0.1, 0.15) is 11.5 Å². The minimum atomic E-state index is -0.380. The van der Waals surface area contributed by atoms with Crippen molar-refractivity contribution in [1.29, 1.82) is 0 Å². The van der Waals surface area contributed by atoms with Crippen molar-refractivity contribution in [3.63, 3.8) is 0 Å². The van der Waals surface area contributed by atoms with Crippen molar-refractivity contribution in [2.24, 2.45) is 12.0 Å². The second kappa shape index (κ2) is 9.42. The third-order valence-electron chi connectivity index (χ3n) is 5.05. The zero-order valence-electron chi connectivity index (χ0n) is 17.8. The minimum Gasteiger partial charge on any atom is -0.497 e. The Balaban J connectivity index is 1.89. The summed E-state index contributed by atoms with van der Waals surface area (Å²) in [6.45, 7) is 0. The molecule has 0 radical (unpaired) electrons. The van der Waals surface area contributed by atoms with E-state index in [9.17, 15) is 4.79 Å². The second-order valence-electron chi connectivity index (χ2n) is 6.98. The smallest absolute Gasteiger partial charge is 0.281 e. The molecule has 0 bridgehead atoms. The number of thiazole rings is 1. The first kappa shape index (κ1) is 21.9. The van der Waals surface area contributed by atoms with Gasteiger partial charge in [-0.25, -0.2) is 0 Å². The van der Waals surface area contributed by atoms with Gasteiger partial charge in [-0.15, -0.1) is 0 Å². The molecule has 0 aliphatic rings. The Kier molecular flexibility index (Phi) is 6.44. The summed E-state index contributed by atoms with van der Waals surface area (Å²) in [7, 11) is 5.18. The second-order valence-corrected chi connectivity index (χ2v) is 8.36. The Morgan fingerprint density at radius 3 is 2.00 bits per heavy atom. The number of aromatic nitrogens is 1. The van der Waals surface area contributed by atoms with Crippen LogP contribution in [0.15, 0.2) is 77.8 Å². The van der Waals surface area contributed by atoms with E-state index in [-0.39, 0.29) is 5.91 Å². The Morgan fingerprint density at radius 2 is 1.44 bits per heavy atom. The molecule has 32 heavy (non-hydrogen) atoms. The molecule has 0 atom stereocenters. The average molecular weight is 465 g/mol. The average Bonchev–Trinajstić information content (AvgIpc) is 3.15. The van der Waals surface area contributed by atoms with Gasteiger partial charge in [-0.3, -0.25) is 4.79 Å². The molecule has 5 nitrogen and oxygen atoms in total. The Morgan fingerprint density at radius 1 is 0.875 bits per heavy atom. The SMILES string of the molecule is COc1ccc(-c2sc(=NC(=O)c3ccccc3Cl)n(C)c2-c2ccc(OC)cc2)cc1. The van der Waals surface area contributed by atoms with Gasteiger partial charge in [-0.05, 0) is 71.8 Å². The largest absolute Gasteiger partial charge is 0.497 e. The summed E-state index contributed by atoms with van der Waals surface area (Å²) < 4.78 is 12.5. The van der Waals surface area contributed by atoms with Crippen molar-refractivity contribution in [3.8, 4) is 33.2 Å². The molecule has 1 aromatic heterocycles. The first-order chi connectivity index (χ1) is 15.5. The van der Waals surface area contributed by atoms with E-state index in [1.165, 1.54) is 11.3 Å². The van der Waals surface area contributed by atoms with E-state index in [2.05, 4.69) is 4.99 Å². The normalized spacial score (nSPS) is 11.4. The van der Waals surface area contributed by atoms with E-state index in [1.807, 2.05) is 60.1 Å². The number of carbonyl (C=O) groups excluding carboxylic acids is 1. The summed E-state index contributed by atoms with van der Waals surface area (Å²) in [6.07, 6.45) is 0. The molecule has 0 fully saturated rings. The van der Waals surface area contributed by atoms with E-state index >= 15 is 0 Å². The number of ether oxygens (including phenoxy) is 2. The molecule has 162 valence electrons. The number of hydrogen-bond donors (Lipinski definition) is 0. The molecule has 0 unspecified atom stereocenters. The predicted octanol–water partition coefficient (Wildman–Crippen LogP) is 5.83. The summed E-state index contributed by atoms with van der Waals surface area (Å²) in [5, 5.41) is 0.381. The third-order valence-corrected chi connectivity index (χ3v) is 6.56. The number of hydrogen-bond acceptors (Lipinski definition) is 4. The molecule has 7 heteroatoms. The van der Waals surface area contributed by atoms with Gasteiger partial charge in [0.05, 0.1) is 35.4 Å². The minimum absolute atomic E-state index is 0.375. The summed E-state index contributed by atoms with van der Waals surface area (Å²) >= 11 is 7.65. The standard InChI is InChI=1S/C25H21ClN2O3S/c1-28-22(16-8-12-18(30-2)13-9-16)23(17-10-14-19(31-3)15-11-17)32-25(28)27-24(29)20-6-4-5-7-21(20)26/h4-15H,1-3H3. The topological polar surface area (TPSA) is 52.8 Å². The summed E-state index contributed by atoms with van der Waals surface area (Å²) in [5.41, 5.74) is 3.32. The van der Waals surface area contributed by atoms with Crippen LogP contribution in [-0.4, -0.2) is 24.7 Å². The van der Waals surface area contributed by atoms with Crippen LogP contribution in [0.3, 0.4) is 0 Å². The lowest BCUT2D eigenvalue weighted by Gasteiger charge is -2.09. The highest BCUT2D eigenvalue weighted by Crippen LogP contribution is 2.35. The van der Waals surface area contributed by atoms with Gasteiger partial charge in [0.15, 0.2) is 4.80 Å². The predicted molar refractivity (Wildman–Crippen MR) is 129 cm³/mol. The summed E-state index contributed by atoms with van der Waals surface area (Å²) in [5.74, 6) is 1.17. The molecule has 4 rings (SSSR count). The molecule has 1 amide bonds. The van der Waals surface area contributed by atoms with E-state index < -0.39 is 0 Å². The van der Waals surface area contributed by atoms with Gasteiger partial charge < -0.3 is 14.0 Å². The molecule has 0 aliphatic heterocycles. The van der Waals surface area contributed by atoms with Crippen LogP contribution in [0.2, 0.25) is 5.02 Å². The van der Waals surface area contributed by atoms with E-state index in [4.69, 9.17) is 21.1 Å². The van der Waals surface area contributed by atoms with E-state index in [0.717, 1.165) is 33.2 Å². The van der Waals surface area contributed by atoms with Crippen LogP contribution in [0.1, 0.15) is 10.4 Å². The van der Waals surface area contributed by atoms with Crippen molar-refractivity contribution < 1.29 is 14.3 Å². The van der Waals surface area contributed by atoms with Gasteiger partial charge in [-0.2, -0.15) is 4.99 Å². The number of carbonyl (C=O) groups is 1. The van der Waals surface area contributed by atoms with Gasteiger partial charge in [-0.1, -0.05) is 35.1 Å². The van der Waals surface area contributed by atoms with E-state index in [0.29, 0.717) is 15.4 Å². The highest BCUT2D eigenvalue weighted by atomic mass is 35.5. The maximum Gasteiger partial charge on any atom is 0.281 e. The molecule has 4 aromatic rings. The maximum atomic E-state index is 12.9. The Hall–Kier alpha value is -3.35. The molecule has 1 heterocycles. The molecule has 0 spiro atoms. The monoisotopic (exact) mass is 464 g/mol. The summed E-state index contributed by atoms with van der Waals surface area (Å²) in [6, 6.07) is 22.6. The summed E-state index contributed by atoms with van der Waals surface area (Å²) in [4.78, 5) is 18.8. The molecule has 3 aromatic carbocycles. The van der Waals surface area contributed by atoms with Crippen LogP contribution in [-0.2, 0) is 7.05 Å². The number of nitrogens with zero attached hydrogens (tertiary/aromatic N) is 2. The molecule has 0 aliphatic carbocycles. The number of benzene rings is 3. The van der Waals surface area contributed by atoms with Gasteiger partial charge in [0.25, 0.3) is 5.91 Å². The fraction of sp³-hybridized carbons (Fsp3) is 0.120. The van der Waals surface area contributed by atoms with Crippen molar-refractivity contribution in [3.05, 3.63) is 88.2 Å². The van der Waals surface area contributed by atoms with Crippen molar-refractivity contribution >= 4 is 28.8 Å². The fourth-order valence-corrected chi connectivity index (χ4v) is 4.71. The van der Waals surface area contributed by atoms with Gasteiger partial charge >= 0.3 is 0 Å². The fourth-order valence-electron chi connectivity index (χ4n) is 3.35. The first-order valence-electron chi connectivity index (χ1n) is 9.84. The van der Waals surface area contributed by atoms with Crippen LogP contribution in [0.5, 0.6) is 11.5 Å². The van der Waals surface area contributed by atoms with Crippen LogP contribution in [0.4, 0.5) is 0 Å². The lowest BCUT2D eigenvalue weighted by Crippen LogP contribution is -2.14. The van der Waals surface area contributed by atoms with E-state index in [1.54, 1.807) is 38.5 Å². The zero-order valence-corrected chi connectivity index (χ0v) is 19.4. The first-order valence-corrected chi connectivity index (χ1v) is 11.0. The molecular formula is C25H21ClN2O3S. The van der Waals surface area contributed by atoms with Crippen LogP contribution in [0.25, 0.3) is 21.7 Å². The molecule has 0 saturated heterocycles. The number of rotatable bonds is 5. The lowest BCUT2D eigenvalue weighted by atomic mass is 10.1. The van der Waals surface area contributed by atoms with Crippen molar-refractivity contribution in [2.45, 2.75) is 0 Å². The highest BCUT2D eigenvalue weighted by molar-refractivity contribution is 7.13. The number of halogens is 1. The van der Waals surface area contributed by atoms with Crippen LogP contribution in [0, 0.1) is 0 Å². The Labute approximate surface area is 195 Å². The van der Waals surface area contributed by atoms with Crippen LogP contribution < -0.4 is 14.3 Å². The lowest BCUT2D eigenvalue weighted by molar-refractivity contribution is 0.0998. The van der Waals surface area contributed by atoms with Gasteiger partial charge in [0.2, 0.25) is 0 Å².